The molecule has 0 unspecified atom stereocenters. The summed E-state index contributed by atoms with van der Waals surface area (Å²) in [6, 6.07) is 6.30. The van der Waals surface area contributed by atoms with E-state index in [1.54, 1.807) is 25.1 Å². The van der Waals surface area contributed by atoms with E-state index >= 15 is 0 Å². The zero-order valence-electron chi connectivity index (χ0n) is 7.19. The lowest BCUT2D eigenvalue weighted by molar-refractivity contribution is -0.202. The Hall–Kier alpha value is -1.55. The van der Waals surface area contributed by atoms with Crippen LogP contribution >= 0.6 is 0 Å². The molecule has 0 aromatic heterocycles. The van der Waals surface area contributed by atoms with Crippen LogP contribution in [0.1, 0.15) is 17.3 Å². The van der Waals surface area contributed by atoms with Crippen molar-refractivity contribution in [2.75, 3.05) is 6.61 Å². The van der Waals surface area contributed by atoms with Crippen LogP contribution < -0.4 is 4.89 Å². The highest BCUT2D eigenvalue weighted by molar-refractivity contribution is 5.90. The molecule has 0 saturated heterocycles. The first-order valence-corrected chi connectivity index (χ1v) is 3.87. The molecule has 0 aliphatic rings. The van der Waals surface area contributed by atoms with E-state index in [4.69, 9.17) is 9.99 Å². The third-order valence-electron chi connectivity index (χ3n) is 1.38. The molecule has 0 fully saturated rings. The summed E-state index contributed by atoms with van der Waals surface area (Å²) in [4.78, 5) is 20.1. The molecular formula is C9H10O4. The Kier molecular flexibility index (Phi) is 3.28. The van der Waals surface area contributed by atoms with E-state index in [2.05, 4.69) is 4.89 Å². The molecule has 1 aromatic carbocycles. The minimum atomic E-state index is -1.03. The van der Waals surface area contributed by atoms with E-state index in [1.165, 1.54) is 6.07 Å². The maximum atomic E-state index is 10.6. The largest absolute Gasteiger partial charge is 0.478 e. The first-order valence-electron chi connectivity index (χ1n) is 3.87. The molecule has 1 N–H and O–H groups in total. The van der Waals surface area contributed by atoms with Crippen molar-refractivity contribution in [1.82, 2.24) is 0 Å². The second-order valence-corrected chi connectivity index (χ2v) is 2.29. The molecule has 0 spiro atoms. The van der Waals surface area contributed by atoms with E-state index in [0.29, 0.717) is 6.61 Å². The zero-order chi connectivity index (χ0) is 9.68. The smallest absolute Gasteiger partial charge is 0.339 e. The number of carbonyl (C=O) groups is 1. The number of hydrogen-bond donors (Lipinski definition) is 1. The van der Waals surface area contributed by atoms with Gasteiger partial charge in [0.05, 0.1) is 6.61 Å². The topological polar surface area (TPSA) is 55.8 Å². The molecule has 1 rings (SSSR count). The number of hydrogen-bond acceptors (Lipinski definition) is 3. The van der Waals surface area contributed by atoms with Gasteiger partial charge in [-0.2, -0.15) is 4.89 Å². The van der Waals surface area contributed by atoms with Crippen LogP contribution in [0.25, 0.3) is 0 Å². The van der Waals surface area contributed by atoms with Gasteiger partial charge in [0.25, 0.3) is 0 Å². The van der Waals surface area contributed by atoms with Gasteiger partial charge in [-0.3, -0.25) is 0 Å². The summed E-state index contributed by atoms with van der Waals surface area (Å²) in [6.07, 6.45) is 0. The molecule has 1 aromatic rings. The molecule has 0 heterocycles. The molecule has 0 bridgehead atoms. The normalized spacial score (nSPS) is 9.62. The van der Waals surface area contributed by atoms with E-state index in [-0.39, 0.29) is 11.3 Å². The Balaban J connectivity index is 2.84. The van der Waals surface area contributed by atoms with Crippen molar-refractivity contribution in [3.63, 3.8) is 0 Å². The molecule has 13 heavy (non-hydrogen) atoms. The third-order valence-corrected chi connectivity index (χ3v) is 1.38. The van der Waals surface area contributed by atoms with Gasteiger partial charge in [-0.15, -0.1) is 0 Å². The first-order chi connectivity index (χ1) is 6.25. The summed E-state index contributed by atoms with van der Waals surface area (Å²) < 4.78 is 0. The Labute approximate surface area is 75.6 Å². The first kappa shape index (κ1) is 9.54. The van der Waals surface area contributed by atoms with Gasteiger partial charge in [0.15, 0.2) is 5.75 Å². The third kappa shape index (κ3) is 2.45. The van der Waals surface area contributed by atoms with E-state index in [9.17, 15) is 4.79 Å². The highest BCUT2D eigenvalue weighted by Crippen LogP contribution is 2.17. The standard InChI is InChI=1S/C9H10O4/c1-2-12-13-8-6-4-3-5-7(8)9(10)11/h3-6H,2H2,1H3,(H,10,11). The lowest BCUT2D eigenvalue weighted by Gasteiger charge is -2.04. The Bertz CT molecular complexity index is 295. The van der Waals surface area contributed by atoms with Crippen LogP contribution in [0.3, 0.4) is 0 Å². The predicted octanol–water partition coefficient (Wildman–Crippen LogP) is 1.72. The number of para-hydroxylation sites is 1. The van der Waals surface area contributed by atoms with Gasteiger partial charge in [0.2, 0.25) is 0 Å². The fraction of sp³-hybridized carbons (Fsp3) is 0.222. The molecule has 0 radical (unpaired) electrons. The van der Waals surface area contributed by atoms with Crippen LogP contribution in [0.4, 0.5) is 0 Å². The molecule has 0 amide bonds. The lowest BCUT2D eigenvalue weighted by Crippen LogP contribution is -2.03. The Morgan fingerprint density at radius 2 is 2.15 bits per heavy atom. The SMILES string of the molecule is CCOOc1ccccc1C(=O)O. The number of aromatic carboxylic acids is 1. The average molecular weight is 182 g/mol. The molecule has 0 aliphatic heterocycles. The van der Waals surface area contributed by atoms with E-state index in [0.717, 1.165) is 0 Å². The van der Waals surface area contributed by atoms with Gasteiger partial charge < -0.3 is 9.99 Å². The van der Waals surface area contributed by atoms with Crippen molar-refractivity contribution in [3.8, 4) is 5.75 Å². The van der Waals surface area contributed by atoms with Crippen molar-refractivity contribution in [1.29, 1.82) is 0 Å². The van der Waals surface area contributed by atoms with Crippen LogP contribution in [-0.2, 0) is 4.89 Å². The molecular weight excluding hydrogens is 172 g/mol. The number of carboxylic acid groups (broad SMARTS) is 1. The Morgan fingerprint density at radius 3 is 2.77 bits per heavy atom. The monoisotopic (exact) mass is 182 g/mol. The quantitative estimate of drug-likeness (QED) is 0.569. The number of benzene rings is 1. The van der Waals surface area contributed by atoms with Gasteiger partial charge in [0.1, 0.15) is 5.56 Å². The van der Waals surface area contributed by atoms with Crippen LogP contribution in [0.2, 0.25) is 0 Å². The Morgan fingerprint density at radius 1 is 1.46 bits per heavy atom. The lowest BCUT2D eigenvalue weighted by atomic mass is 10.2. The second kappa shape index (κ2) is 4.47. The summed E-state index contributed by atoms with van der Waals surface area (Å²) in [5.74, 6) is -0.813. The average Bonchev–Trinajstić information content (AvgIpc) is 2.15. The maximum Gasteiger partial charge on any atom is 0.339 e. The highest BCUT2D eigenvalue weighted by atomic mass is 17.2. The van der Waals surface area contributed by atoms with E-state index < -0.39 is 5.97 Å². The molecule has 0 aliphatic carbocycles. The fourth-order valence-corrected chi connectivity index (χ4v) is 0.838. The van der Waals surface area contributed by atoms with Crippen molar-refractivity contribution in [3.05, 3.63) is 29.8 Å². The van der Waals surface area contributed by atoms with Gasteiger partial charge in [0, 0.05) is 0 Å². The minimum Gasteiger partial charge on any atom is -0.478 e. The van der Waals surface area contributed by atoms with Crippen LogP contribution in [0.5, 0.6) is 5.75 Å². The van der Waals surface area contributed by atoms with Crippen LogP contribution in [0.15, 0.2) is 24.3 Å². The van der Waals surface area contributed by atoms with Gasteiger partial charge >= 0.3 is 5.97 Å². The summed E-state index contributed by atoms with van der Waals surface area (Å²) in [5, 5.41) is 8.73. The number of rotatable bonds is 4. The van der Waals surface area contributed by atoms with Crippen LogP contribution in [-0.4, -0.2) is 17.7 Å². The summed E-state index contributed by atoms with van der Waals surface area (Å²) in [6.45, 7) is 2.12. The van der Waals surface area contributed by atoms with Gasteiger partial charge in [-0.1, -0.05) is 12.1 Å². The minimum absolute atomic E-state index is 0.0935. The summed E-state index contributed by atoms with van der Waals surface area (Å²) in [7, 11) is 0. The van der Waals surface area contributed by atoms with Gasteiger partial charge in [-0.25, -0.2) is 4.79 Å². The van der Waals surface area contributed by atoms with Crippen molar-refractivity contribution in [2.24, 2.45) is 0 Å². The molecule has 4 nitrogen and oxygen atoms in total. The summed E-state index contributed by atoms with van der Waals surface area (Å²) >= 11 is 0. The van der Waals surface area contributed by atoms with Gasteiger partial charge in [-0.05, 0) is 19.1 Å². The maximum absolute atomic E-state index is 10.6. The van der Waals surface area contributed by atoms with Crippen molar-refractivity contribution >= 4 is 5.97 Å². The highest BCUT2D eigenvalue weighted by Gasteiger charge is 2.10. The molecule has 70 valence electrons. The fourth-order valence-electron chi connectivity index (χ4n) is 0.838. The molecule has 0 atom stereocenters. The molecule has 0 saturated carbocycles. The van der Waals surface area contributed by atoms with Crippen LogP contribution in [0, 0.1) is 0 Å². The van der Waals surface area contributed by atoms with Crippen molar-refractivity contribution in [2.45, 2.75) is 6.92 Å². The van der Waals surface area contributed by atoms with E-state index in [1.807, 2.05) is 0 Å². The van der Waals surface area contributed by atoms with Crippen molar-refractivity contribution < 1.29 is 19.7 Å². The summed E-state index contributed by atoms with van der Waals surface area (Å²) in [5.41, 5.74) is 0.0935. The second-order valence-electron chi connectivity index (χ2n) is 2.29. The number of carboxylic acids is 1. The predicted molar refractivity (Wildman–Crippen MR) is 45.7 cm³/mol. The molecule has 4 heteroatoms. The zero-order valence-corrected chi connectivity index (χ0v) is 7.19.